The van der Waals surface area contributed by atoms with E-state index < -0.39 is 0 Å². The molecule has 110 valence electrons. The fourth-order valence-corrected chi connectivity index (χ4v) is 2.15. The van der Waals surface area contributed by atoms with Crippen LogP contribution in [0.1, 0.15) is 41.0 Å². The molecule has 1 atom stereocenters. The fraction of sp³-hybridized carbons (Fsp3) is 1.00. The second-order valence-corrected chi connectivity index (χ2v) is 6.14. The molecule has 1 N–H and O–H groups in total. The Morgan fingerprint density at radius 1 is 1.00 bits per heavy atom. The Bertz CT molecular complexity index is 173. The van der Waals surface area contributed by atoms with Crippen molar-refractivity contribution in [3.8, 4) is 0 Å². The Balaban J connectivity index is 3.92. The van der Waals surface area contributed by atoms with Gasteiger partial charge in [0.15, 0.2) is 0 Å². The summed E-state index contributed by atoms with van der Waals surface area (Å²) in [7, 11) is 1.76. The summed E-state index contributed by atoms with van der Waals surface area (Å²) in [6.45, 7) is 16.9. The molecule has 0 radical (unpaired) electrons. The molecule has 0 heterocycles. The molecular weight excluding hydrogens is 224 g/mol. The van der Waals surface area contributed by atoms with Crippen LogP contribution in [0, 0.1) is 11.8 Å². The molecule has 18 heavy (non-hydrogen) atoms. The van der Waals surface area contributed by atoms with Crippen molar-refractivity contribution in [3.05, 3.63) is 0 Å². The van der Waals surface area contributed by atoms with Gasteiger partial charge in [-0.05, 0) is 31.7 Å². The van der Waals surface area contributed by atoms with Crippen LogP contribution in [-0.4, -0.2) is 50.8 Å². The minimum absolute atomic E-state index is 0.609. The Morgan fingerprint density at radius 2 is 1.56 bits per heavy atom. The van der Waals surface area contributed by atoms with E-state index in [0.29, 0.717) is 6.04 Å². The lowest BCUT2D eigenvalue weighted by Crippen LogP contribution is -2.44. The van der Waals surface area contributed by atoms with Crippen LogP contribution in [0.4, 0.5) is 0 Å². The topological polar surface area (TPSA) is 24.5 Å². The van der Waals surface area contributed by atoms with E-state index in [1.54, 1.807) is 7.11 Å². The van der Waals surface area contributed by atoms with Gasteiger partial charge >= 0.3 is 0 Å². The van der Waals surface area contributed by atoms with Gasteiger partial charge in [-0.3, -0.25) is 4.90 Å². The van der Waals surface area contributed by atoms with Gasteiger partial charge in [0.25, 0.3) is 0 Å². The molecule has 0 rings (SSSR count). The van der Waals surface area contributed by atoms with E-state index in [9.17, 15) is 0 Å². The van der Waals surface area contributed by atoms with Crippen LogP contribution in [0.3, 0.4) is 0 Å². The molecule has 1 unspecified atom stereocenters. The van der Waals surface area contributed by atoms with Gasteiger partial charge in [-0.15, -0.1) is 0 Å². The number of rotatable bonds is 11. The quantitative estimate of drug-likeness (QED) is 0.577. The largest absolute Gasteiger partial charge is 0.385 e. The summed E-state index contributed by atoms with van der Waals surface area (Å²) >= 11 is 0. The van der Waals surface area contributed by atoms with Gasteiger partial charge in [-0.25, -0.2) is 0 Å². The van der Waals surface area contributed by atoms with Gasteiger partial charge in [0, 0.05) is 39.4 Å². The number of nitrogens with zero attached hydrogens (tertiary/aromatic N) is 1. The Morgan fingerprint density at radius 3 is 2.00 bits per heavy atom. The van der Waals surface area contributed by atoms with Crippen LogP contribution in [0.25, 0.3) is 0 Å². The first-order valence-electron chi connectivity index (χ1n) is 7.41. The van der Waals surface area contributed by atoms with Crippen molar-refractivity contribution >= 4 is 0 Å². The summed E-state index contributed by atoms with van der Waals surface area (Å²) in [6, 6.07) is 0.609. The van der Waals surface area contributed by atoms with Gasteiger partial charge in [0.1, 0.15) is 0 Å². The lowest BCUT2D eigenvalue weighted by molar-refractivity contribution is 0.161. The highest BCUT2D eigenvalue weighted by atomic mass is 16.5. The van der Waals surface area contributed by atoms with Crippen molar-refractivity contribution in [1.29, 1.82) is 0 Å². The van der Waals surface area contributed by atoms with E-state index >= 15 is 0 Å². The lowest BCUT2D eigenvalue weighted by Gasteiger charge is -2.32. The predicted octanol–water partition coefficient (Wildman–Crippen LogP) is 2.62. The Labute approximate surface area is 114 Å². The van der Waals surface area contributed by atoms with Crippen LogP contribution in [0.2, 0.25) is 0 Å². The molecule has 0 fully saturated rings. The van der Waals surface area contributed by atoms with E-state index in [-0.39, 0.29) is 0 Å². The van der Waals surface area contributed by atoms with Crippen molar-refractivity contribution in [2.75, 3.05) is 39.9 Å². The summed E-state index contributed by atoms with van der Waals surface area (Å²) in [5.41, 5.74) is 0. The number of hydrogen-bond acceptors (Lipinski definition) is 3. The normalized spacial score (nSPS) is 13.8. The molecule has 0 aromatic rings. The molecule has 0 aromatic heterocycles. The third-order valence-corrected chi connectivity index (χ3v) is 2.96. The molecule has 0 saturated heterocycles. The van der Waals surface area contributed by atoms with Gasteiger partial charge in [-0.1, -0.05) is 27.7 Å². The third-order valence-electron chi connectivity index (χ3n) is 2.96. The third kappa shape index (κ3) is 9.86. The average molecular weight is 258 g/mol. The highest BCUT2D eigenvalue weighted by molar-refractivity contribution is 4.72. The van der Waals surface area contributed by atoms with E-state index in [1.165, 1.54) is 13.1 Å². The number of nitrogens with one attached hydrogen (secondary N) is 1. The number of ether oxygens (including phenoxy) is 1. The number of hydrogen-bond donors (Lipinski definition) is 1. The summed E-state index contributed by atoms with van der Waals surface area (Å²) in [5.74, 6) is 1.47. The van der Waals surface area contributed by atoms with E-state index in [1.807, 2.05) is 0 Å². The predicted molar refractivity (Wildman–Crippen MR) is 80.1 cm³/mol. The smallest absolute Gasteiger partial charge is 0.0474 e. The second kappa shape index (κ2) is 10.8. The summed E-state index contributed by atoms with van der Waals surface area (Å²) < 4.78 is 5.05. The highest BCUT2D eigenvalue weighted by Gasteiger charge is 2.15. The molecule has 0 aliphatic carbocycles. The minimum atomic E-state index is 0.609. The standard InChI is InChI=1S/C15H34N2O/c1-13(2)11-17(12-14(3)4)15(5)10-16-8-7-9-18-6/h13-16H,7-12H2,1-6H3. The molecule has 0 saturated carbocycles. The monoisotopic (exact) mass is 258 g/mol. The van der Waals surface area contributed by atoms with Crippen LogP contribution in [-0.2, 0) is 4.74 Å². The Kier molecular flexibility index (Phi) is 10.7. The highest BCUT2D eigenvalue weighted by Crippen LogP contribution is 2.07. The van der Waals surface area contributed by atoms with Crippen LogP contribution in [0.15, 0.2) is 0 Å². The van der Waals surface area contributed by atoms with E-state index in [0.717, 1.165) is 38.0 Å². The zero-order valence-corrected chi connectivity index (χ0v) is 13.3. The molecule has 3 heteroatoms. The first kappa shape index (κ1) is 17.9. The summed E-state index contributed by atoms with van der Waals surface area (Å²) in [6.07, 6.45) is 1.09. The molecule has 0 aromatic carbocycles. The van der Waals surface area contributed by atoms with E-state index in [2.05, 4.69) is 44.8 Å². The van der Waals surface area contributed by atoms with Crippen molar-refractivity contribution in [2.45, 2.75) is 47.1 Å². The maximum absolute atomic E-state index is 5.05. The molecule has 0 aliphatic rings. The van der Waals surface area contributed by atoms with Gasteiger partial charge in [0.2, 0.25) is 0 Å². The Hall–Kier alpha value is -0.120. The van der Waals surface area contributed by atoms with Gasteiger partial charge in [-0.2, -0.15) is 0 Å². The fourth-order valence-electron chi connectivity index (χ4n) is 2.15. The summed E-state index contributed by atoms with van der Waals surface area (Å²) in [5, 5.41) is 3.53. The van der Waals surface area contributed by atoms with Gasteiger partial charge < -0.3 is 10.1 Å². The molecule has 0 amide bonds. The van der Waals surface area contributed by atoms with Crippen LogP contribution >= 0.6 is 0 Å². The van der Waals surface area contributed by atoms with Crippen molar-refractivity contribution < 1.29 is 4.74 Å². The molecule has 0 bridgehead atoms. The lowest BCUT2D eigenvalue weighted by atomic mass is 10.1. The molecular formula is C15H34N2O. The zero-order chi connectivity index (χ0) is 14.0. The maximum atomic E-state index is 5.05. The minimum Gasteiger partial charge on any atom is -0.385 e. The van der Waals surface area contributed by atoms with E-state index in [4.69, 9.17) is 4.74 Å². The molecule has 0 aliphatic heterocycles. The molecule has 0 spiro atoms. The van der Waals surface area contributed by atoms with Crippen molar-refractivity contribution in [2.24, 2.45) is 11.8 Å². The zero-order valence-electron chi connectivity index (χ0n) is 13.3. The SMILES string of the molecule is COCCCNCC(C)N(CC(C)C)CC(C)C. The average Bonchev–Trinajstić information content (AvgIpc) is 2.26. The first-order chi connectivity index (χ1) is 8.47. The van der Waals surface area contributed by atoms with Gasteiger partial charge in [0.05, 0.1) is 0 Å². The molecule has 3 nitrogen and oxygen atoms in total. The first-order valence-corrected chi connectivity index (χ1v) is 7.41. The second-order valence-electron chi connectivity index (χ2n) is 6.14. The van der Waals surface area contributed by atoms with Crippen molar-refractivity contribution in [3.63, 3.8) is 0 Å². The number of methoxy groups -OCH3 is 1. The summed E-state index contributed by atoms with van der Waals surface area (Å²) in [4.78, 5) is 2.61. The maximum Gasteiger partial charge on any atom is 0.0474 e. The van der Waals surface area contributed by atoms with Crippen LogP contribution in [0.5, 0.6) is 0 Å². The van der Waals surface area contributed by atoms with Crippen molar-refractivity contribution in [1.82, 2.24) is 10.2 Å². The van der Waals surface area contributed by atoms with Crippen LogP contribution < -0.4 is 5.32 Å².